The molecule has 120 valence electrons. The molecule has 1 aromatic carbocycles. The SMILES string of the molecule is CC(C)(C)C1CN(c2ccccc2[N+](=O)[O-])CCN1C(=O)O. The maximum Gasteiger partial charge on any atom is 0.407 e. The van der Waals surface area contributed by atoms with E-state index in [-0.39, 0.29) is 17.1 Å². The fourth-order valence-corrected chi connectivity index (χ4v) is 2.86. The van der Waals surface area contributed by atoms with Gasteiger partial charge in [0.15, 0.2) is 0 Å². The Kier molecular flexibility index (Phi) is 4.25. The van der Waals surface area contributed by atoms with E-state index in [0.29, 0.717) is 25.3 Å². The predicted octanol–water partition coefficient (Wildman–Crippen LogP) is 2.81. The number of nitro benzene ring substituents is 1. The number of amides is 1. The minimum Gasteiger partial charge on any atom is -0.465 e. The topological polar surface area (TPSA) is 86.9 Å². The molecule has 1 saturated heterocycles. The normalized spacial score (nSPS) is 19.1. The Labute approximate surface area is 129 Å². The lowest BCUT2D eigenvalue weighted by atomic mass is 9.84. The Morgan fingerprint density at radius 1 is 1.32 bits per heavy atom. The van der Waals surface area contributed by atoms with Gasteiger partial charge in [-0.05, 0) is 11.5 Å². The summed E-state index contributed by atoms with van der Waals surface area (Å²) in [7, 11) is 0. The van der Waals surface area contributed by atoms with Gasteiger partial charge in [0.25, 0.3) is 5.69 Å². The van der Waals surface area contributed by atoms with Crippen molar-refractivity contribution in [2.24, 2.45) is 5.41 Å². The first kappa shape index (κ1) is 16.1. The first-order valence-corrected chi connectivity index (χ1v) is 7.19. The number of carboxylic acid groups (broad SMARTS) is 1. The summed E-state index contributed by atoms with van der Waals surface area (Å²) >= 11 is 0. The summed E-state index contributed by atoms with van der Waals surface area (Å²) in [4.78, 5) is 25.6. The van der Waals surface area contributed by atoms with Crippen molar-refractivity contribution in [3.63, 3.8) is 0 Å². The van der Waals surface area contributed by atoms with Crippen molar-refractivity contribution in [2.45, 2.75) is 26.8 Å². The number of nitrogens with zero attached hydrogens (tertiary/aromatic N) is 3. The maximum atomic E-state index is 11.4. The monoisotopic (exact) mass is 307 g/mol. The van der Waals surface area contributed by atoms with Gasteiger partial charge in [-0.2, -0.15) is 0 Å². The van der Waals surface area contributed by atoms with Crippen LogP contribution < -0.4 is 4.90 Å². The van der Waals surface area contributed by atoms with Gasteiger partial charge in [0.1, 0.15) is 5.69 Å². The van der Waals surface area contributed by atoms with Crippen LogP contribution in [0.5, 0.6) is 0 Å². The predicted molar refractivity (Wildman–Crippen MR) is 83.3 cm³/mol. The van der Waals surface area contributed by atoms with Crippen LogP contribution in [0.4, 0.5) is 16.2 Å². The highest BCUT2D eigenvalue weighted by Gasteiger charge is 2.39. The van der Waals surface area contributed by atoms with E-state index in [9.17, 15) is 20.0 Å². The Hall–Kier alpha value is -2.31. The van der Waals surface area contributed by atoms with Crippen LogP contribution in [0.3, 0.4) is 0 Å². The van der Waals surface area contributed by atoms with E-state index in [1.165, 1.54) is 11.0 Å². The number of hydrogen-bond donors (Lipinski definition) is 1. The van der Waals surface area contributed by atoms with E-state index in [4.69, 9.17) is 0 Å². The molecule has 0 saturated carbocycles. The molecule has 0 radical (unpaired) electrons. The van der Waals surface area contributed by atoms with Crippen LogP contribution in [0, 0.1) is 15.5 Å². The molecular weight excluding hydrogens is 286 g/mol. The second-order valence-electron chi connectivity index (χ2n) is 6.55. The molecule has 1 heterocycles. The Bertz CT molecular complexity index is 582. The molecule has 0 bridgehead atoms. The molecule has 0 aliphatic carbocycles. The number of benzene rings is 1. The Morgan fingerprint density at radius 3 is 2.50 bits per heavy atom. The van der Waals surface area contributed by atoms with Crippen LogP contribution in [-0.2, 0) is 0 Å². The summed E-state index contributed by atoms with van der Waals surface area (Å²) in [6.07, 6.45) is -0.942. The van der Waals surface area contributed by atoms with Crippen molar-refractivity contribution in [3.8, 4) is 0 Å². The number of rotatable bonds is 2. The minimum atomic E-state index is -0.942. The van der Waals surface area contributed by atoms with Crippen LogP contribution in [0.2, 0.25) is 0 Å². The van der Waals surface area contributed by atoms with Crippen LogP contribution in [0.15, 0.2) is 24.3 Å². The molecule has 0 aromatic heterocycles. The highest BCUT2D eigenvalue weighted by Crippen LogP contribution is 2.33. The molecule has 0 spiro atoms. The Morgan fingerprint density at radius 2 is 1.95 bits per heavy atom. The molecule has 2 rings (SSSR count). The summed E-state index contributed by atoms with van der Waals surface area (Å²) in [5.41, 5.74) is 0.353. The highest BCUT2D eigenvalue weighted by molar-refractivity contribution is 5.68. The number of hydrogen-bond acceptors (Lipinski definition) is 4. The molecular formula is C15H21N3O4. The first-order valence-electron chi connectivity index (χ1n) is 7.19. The zero-order valence-corrected chi connectivity index (χ0v) is 13.0. The van der Waals surface area contributed by atoms with Crippen molar-refractivity contribution in [3.05, 3.63) is 34.4 Å². The largest absolute Gasteiger partial charge is 0.465 e. The van der Waals surface area contributed by atoms with Gasteiger partial charge in [-0.15, -0.1) is 0 Å². The van der Waals surface area contributed by atoms with Crippen molar-refractivity contribution in [2.75, 3.05) is 24.5 Å². The highest BCUT2D eigenvalue weighted by atomic mass is 16.6. The summed E-state index contributed by atoms with van der Waals surface area (Å²) in [6, 6.07) is 6.37. The molecule has 1 atom stereocenters. The second kappa shape index (κ2) is 5.82. The smallest absolute Gasteiger partial charge is 0.407 e. The number of nitro groups is 1. The zero-order valence-electron chi connectivity index (χ0n) is 13.0. The quantitative estimate of drug-likeness (QED) is 0.670. The first-order chi connectivity index (χ1) is 10.2. The average Bonchev–Trinajstić information content (AvgIpc) is 2.45. The molecule has 1 amide bonds. The van der Waals surface area contributed by atoms with Gasteiger partial charge in [0.05, 0.1) is 11.0 Å². The summed E-state index contributed by atoms with van der Waals surface area (Å²) in [6.45, 7) is 7.18. The van der Waals surface area contributed by atoms with E-state index in [1.807, 2.05) is 25.7 Å². The van der Waals surface area contributed by atoms with E-state index in [1.54, 1.807) is 18.2 Å². The standard InChI is InChI=1S/C15H21N3O4/c1-15(2,3)13-10-16(8-9-17(13)14(19)20)11-6-4-5-7-12(11)18(21)22/h4-7,13H,8-10H2,1-3H3,(H,19,20). The van der Waals surface area contributed by atoms with Gasteiger partial charge < -0.3 is 14.9 Å². The molecule has 22 heavy (non-hydrogen) atoms. The van der Waals surface area contributed by atoms with Crippen LogP contribution in [-0.4, -0.2) is 46.7 Å². The lowest BCUT2D eigenvalue weighted by Gasteiger charge is -2.46. The third-order valence-electron chi connectivity index (χ3n) is 4.04. The molecule has 1 fully saturated rings. The zero-order chi connectivity index (χ0) is 16.5. The van der Waals surface area contributed by atoms with Crippen molar-refractivity contribution < 1.29 is 14.8 Å². The van der Waals surface area contributed by atoms with Gasteiger partial charge in [-0.25, -0.2) is 4.79 Å². The molecule has 1 unspecified atom stereocenters. The van der Waals surface area contributed by atoms with Crippen LogP contribution in [0.1, 0.15) is 20.8 Å². The maximum absolute atomic E-state index is 11.4. The van der Waals surface area contributed by atoms with Crippen LogP contribution >= 0.6 is 0 Å². The molecule has 1 aromatic rings. The van der Waals surface area contributed by atoms with Crippen molar-refractivity contribution in [1.29, 1.82) is 0 Å². The van der Waals surface area contributed by atoms with E-state index in [0.717, 1.165) is 0 Å². The van der Waals surface area contributed by atoms with Gasteiger partial charge in [-0.3, -0.25) is 10.1 Å². The molecule has 7 heteroatoms. The summed E-state index contributed by atoms with van der Waals surface area (Å²) in [5, 5.41) is 20.6. The summed E-state index contributed by atoms with van der Waals surface area (Å²) < 4.78 is 0. The summed E-state index contributed by atoms with van der Waals surface area (Å²) in [5.74, 6) is 0. The second-order valence-corrected chi connectivity index (χ2v) is 6.55. The van der Waals surface area contributed by atoms with Gasteiger partial charge in [0, 0.05) is 25.7 Å². The fourth-order valence-electron chi connectivity index (χ4n) is 2.86. The van der Waals surface area contributed by atoms with Gasteiger partial charge in [0.2, 0.25) is 0 Å². The number of carbonyl (C=O) groups is 1. The van der Waals surface area contributed by atoms with Crippen molar-refractivity contribution >= 4 is 17.5 Å². The minimum absolute atomic E-state index is 0.0546. The van der Waals surface area contributed by atoms with E-state index >= 15 is 0 Å². The third-order valence-corrected chi connectivity index (χ3v) is 4.04. The lowest BCUT2D eigenvalue weighted by molar-refractivity contribution is -0.384. The third kappa shape index (κ3) is 3.13. The van der Waals surface area contributed by atoms with E-state index in [2.05, 4.69) is 0 Å². The Balaban J connectivity index is 2.33. The van der Waals surface area contributed by atoms with Gasteiger partial charge >= 0.3 is 6.09 Å². The molecule has 1 aliphatic heterocycles. The van der Waals surface area contributed by atoms with Crippen molar-refractivity contribution in [1.82, 2.24) is 4.90 Å². The molecule has 7 nitrogen and oxygen atoms in total. The van der Waals surface area contributed by atoms with Crippen LogP contribution in [0.25, 0.3) is 0 Å². The average molecular weight is 307 g/mol. The molecule has 1 aliphatic rings. The number of piperazine rings is 1. The van der Waals surface area contributed by atoms with E-state index < -0.39 is 11.0 Å². The lowest BCUT2D eigenvalue weighted by Crippen LogP contribution is -2.59. The van der Waals surface area contributed by atoms with Gasteiger partial charge in [-0.1, -0.05) is 32.9 Å². The fraction of sp³-hybridized carbons (Fsp3) is 0.533. The number of para-hydroxylation sites is 2. The number of anilines is 1. The molecule has 1 N–H and O–H groups in total.